The molecule has 0 saturated carbocycles. The first-order valence-electron chi connectivity index (χ1n) is 2.43. The molecule has 1 atom stereocenters. The average Bonchev–Trinajstić information content (AvgIpc) is 1.58. The Morgan fingerprint density at radius 2 is 2.10 bits per heavy atom. The van der Waals surface area contributed by atoms with Crippen molar-refractivity contribution in [2.75, 3.05) is 6.26 Å². The Bertz CT molecular complexity index is 161. The van der Waals surface area contributed by atoms with Crippen LogP contribution in [0.15, 0.2) is 0 Å². The van der Waals surface area contributed by atoms with Crippen LogP contribution in [0.4, 0.5) is 0 Å². The van der Waals surface area contributed by atoms with Crippen LogP contribution in [0.5, 0.6) is 0 Å². The van der Waals surface area contributed by atoms with Crippen molar-refractivity contribution in [1.29, 1.82) is 0 Å². The normalized spacial score (nSPS) is 12.1. The summed E-state index contributed by atoms with van der Waals surface area (Å²) in [6.45, 7) is 0. The predicted molar refractivity (Wildman–Crippen MR) is 36.0 cm³/mol. The third kappa shape index (κ3) is 5.23. The van der Waals surface area contributed by atoms with Crippen LogP contribution in [0.25, 0.3) is 0 Å². The van der Waals surface area contributed by atoms with Crippen molar-refractivity contribution in [3.05, 3.63) is 0 Å². The maximum atomic E-state index is 10.5. The number of nitrogens with one attached hydrogen (secondary N) is 1. The highest BCUT2D eigenvalue weighted by atomic mass is 32.2. The number of amides is 2. The second-order valence-electron chi connectivity index (χ2n) is 1.62. The fraction of sp³-hybridized carbons (Fsp3) is 0.500. The average molecular weight is 164 g/mol. The SMILES string of the molecule is CS(=O)NC(=O)CC(N)=O. The Labute approximate surface area is 60.6 Å². The molecule has 2 amide bonds. The van der Waals surface area contributed by atoms with E-state index < -0.39 is 29.2 Å². The first-order chi connectivity index (χ1) is 4.52. The zero-order chi connectivity index (χ0) is 8.15. The van der Waals surface area contributed by atoms with Crippen molar-refractivity contribution in [3.63, 3.8) is 0 Å². The molecule has 0 radical (unpaired) electrons. The van der Waals surface area contributed by atoms with Gasteiger partial charge in [-0.15, -0.1) is 0 Å². The summed E-state index contributed by atoms with van der Waals surface area (Å²) in [6, 6.07) is 0. The Hall–Kier alpha value is -0.910. The molecule has 5 nitrogen and oxygen atoms in total. The summed E-state index contributed by atoms with van der Waals surface area (Å²) < 4.78 is 12.3. The van der Waals surface area contributed by atoms with Gasteiger partial charge in [0.25, 0.3) is 0 Å². The molecule has 0 aromatic heterocycles. The number of rotatable bonds is 3. The van der Waals surface area contributed by atoms with Gasteiger partial charge >= 0.3 is 0 Å². The number of hydrogen-bond acceptors (Lipinski definition) is 3. The van der Waals surface area contributed by atoms with Crippen LogP contribution in [0.3, 0.4) is 0 Å². The maximum Gasteiger partial charge on any atom is 0.241 e. The van der Waals surface area contributed by atoms with Gasteiger partial charge in [0.15, 0.2) is 0 Å². The van der Waals surface area contributed by atoms with Gasteiger partial charge in [0.05, 0.1) is 0 Å². The van der Waals surface area contributed by atoms with Crippen molar-refractivity contribution < 1.29 is 13.8 Å². The highest BCUT2D eigenvalue weighted by Crippen LogP contribution is 1.76. The first-order valence-corrected chi connectivity index (χ1v) is 3.99. The third-order valence-electron chi connectivity index (χ3n) is 0.592. The minimum absolute atomic E-state index is 0.417. The molecule has 0 aliphatic heterocycles. The van der Waals surface area contributed by atoms with Gasteiger partial charge < -0.3 is 5.73 Å². The Balaban J connectivity index is 3.65. The van der Waals surface area contributed by atoms with Crippen LogP contribution in [0, 0.1) is 0 Å². The van der Waals surface area contributed by atoms with E-state index in [0.29, 0.717) is 0 Å². The molecule has 0 bridgehead atoms. The van der Waals surface area contributed by atoms with Crippen LogP contribution in [0.1, 0.15) is 6.42 Å². The lowest BCUT2D eigenvalue weighted by molar-refractivity contribution is -0.126. The smallest absolute Gasteiger partial charge is 0.241 e. The fourth-order valence-electron chi connectivity index (χ4n) is 0.355. The molecule has 1 unspecified atom stereocenters. The number of carbonyl (C=O) groups excluding carboxylic acids is 2. The molecule has 0 aromatic carbocycles. The Kier molecular flexibility index (Phi) is 3.63. The standard InChI is InChI=1S/C4H8N2O3S/c1-10(9)6-4(8)2-3(5)7/h2H2,1H3,(H2,5,7)(H,6,8). The summed E-state index contributed by atoms with van der Waals surface area (Å²) in [5, 5.41) is 0. The van der Waals surface area contributed by atoms with Gasteiger partial charge in [-0.1, -0.05) is 0 Å². The van der Waals surface area contributed by atoms with Gasteiger partial charge in [0, 0.05) is 6.26 Å². The minimum Gasteiger partial charge on any atom is -0.369 e. The zero-order valence-corrected chi connectivity index (χ0v) is 6.23. The molecule has 0 fully saturated rings. The van der Waals surface area contributed by atoms with E-state index in [1.54, 1.807) is 0 Å². The molecule has 0 saturated heterocycles. The molecule has 0 aliphatic rings. The fourth-order valence-corrected chi connectivity index (χ4v) is 0.747. The van der Waals surface area contributed by atoms with E-state index >= 15 is 0 Å². The van der Waals surface area contributed by atoms with Gasteiger partial charge in [-0.3, -0.25) is 14.3 Å². The molecule has 6 heteroatoms. The van der Waals surface area contributed by atoms with E-state index in [-0.39, 0.29) is 0 Å². The van der Waals surface area contributed by atoms with Crippen LogP contribution in [-0.2, 0) is 20.6 Å². The van der Waals surface area contributed by atoms with Gasteiger partial charge in [0.1, 0.15) is 17.4 Å². The molecule has 0 aromatic rings. The number of nitrogens with two attached hydrogens (primary N) is 1. The summed E-state index contributed by atoms with van der Waals surface area (Å²) >= 11 is 0. The molecule has 10 heavy (non-hydrogen) atoms. The third-order valence-corrected chi connectivity index (χ3v) is 1.11. The highest BCUT2D eigenvalue weighted by molar-refractivity contribution is 7.82. The van der Waals surface area contributed by atoms with Gasteiger partial charge in [-0.2, -0.15) is 0 Å². The number of hydrogen-bond donors (Lipinski definition) is 2. The van der Waals surface area contributed by atoms with E-state index in [1.807, 2.05) is 4.72 Å². The van der Waals surface area contributed by atoms with E-state index in [0.717, 1.165) is 0 Å². The van der Waals surface area contributed by atoms with Crippen LogP contribution in [0.2, 0.25) is 0 Å². The second kappa shape index (κ2) is 3.99. The predicted octanol–water partition coefficient (Wildman–Crippen LogP) is -1.73. The second-order valence-corrected chi connectivity index (χ2v) is 2.73. The summed E-state index contributed by atoms with van der Waals surface area (Å²) in [5.74, 6) is -1.35. The quantitative estimate of drug-likeness (QED) is 0.486. The Morgan fingerprint density at radius 1 is 1.60 bits per heavy atom. The van der Waals surface area contributed by atoms with E-state index in [9.17, 15) is 13.8 Å². The van der Waals surface area contributed by atoms with E-state index in [4.69, 9.17) is 0 Å². The van der Waals surface area contributed by atoms with Crippen LogP contribution < -0.4 is 10.5 Å². The first kappa shape index (κ1) is 9.09. The maximum absolute atomic E-state index is 10.5. The van der Waals surface area contributed by atoms with Crippen molar-refractivity contribution in [2.24, 2.45) is 5.73 Å². The van der Waals surface area contributed by atoms with Crippen LogP contribution in [-0.4, -0.2) is 22.3 Å². The summed E-state index contributed by atoms with van der Waals surface area (Å²) in [6.07, 6.45) is 0.873. The summed E-state index contributed by atoms with van der Waals surface area (Å²) in [4.78, 5) is 20.5. The molecule has 0 aliphatic carbocycles. The molecule has 0 rings (SSSR count). The highest BCUT2D eigenvalue weighted by Gasteiger charge is 2.05. The molecular weight excluding hydrogens is 156 g/mol. The van der Waals surface area contributed by atoms with Crippen molar-refractivity contribution in [1.82, 2.24) is 4.72 Å². The lowest BCUT2D eigenvalue weighted by Gasteiger charge is -1.96. The topological polar surface area (TPSA) is 89.3 Å². The van der Waals surface area contributed by atoms with E-state index in [1.165, 1.54) is 6.26 Å². The molecule has 3 N–H and O–H groups in total. The van der Waals surface area contributed by atoms with Crippen molar-refractivity contribution in [3.8, 4) is 0 Å². The molecule has 0 spiro atoms. The molecule has 58 valence electrons. The zero-order valence-electron chi connectivity index (χ0n) is 5.42. The van der Waals surface area contributed by atoms with E-state index in [2.05, 4.69) is 5.73 Å². The minimum atomic E-state index is -1.42. The molecular formula is C4H8N2O3S. The van der Waals surface area contributed by atoms with Crippen LogP contribution >= 0.6 is 0 Å². The summed E-state index contributed by atoms with van der Waals surface area (Å²) in [5.41, 5.74) is 4.67. The van der Waals surface area contributed by atoms with Gasteiger partial charge in [-0.25, -0.2) is 4.21 Å². The van der Waals surface area contributed by atoms with Crippen molar-refractivity contribution >= 4 is 22.8 Å². The lowest BCUT2D eigenvalue weighted by Crippen LogP contribution is -2.29. The molecule has 0 heterocycles. The number of carbonyl (C=O) groups is 2. The van der Waals surface area contributed by atoms with Crippen molar-refractivity contribution in [2.45, 2.75) is 6.42 Å². The lowest BCUT2D eigenvalue weighted by atomic mass is 10.4. The van der Waals surface area contributed by atoms with Gasteiger partial charge in [-0.05, 0) is 0 Å². The summed E-state index contributed by atoms with van der Waals surface area (Å²) in [7, 11) is -1.42. The Morgan fingerprint density at radius 3 is 2.40 bits per heavy atom. The largest absolute Gasteiger partial charge is 0.369 e. The monoisotopic (exact) mass is 164 g/mol. The number of primary amides is 1. The van der Waals surface area contributed by atoms with Gasteiger partial charge in [0.2, 0.25) is 11.8 Å².